The topological polar surface area (TPSA) is 129 Å². The third kappa shape index (κ3) is 10.1. The predicted molar refractivity (Wildman–Crippen MR) is 190 cm³/mol. The number of alkyl halides is 3. The van der Waals surface area contributed by atoms with Gasteiger partial charge in [-0.05, 0) is 71.1 Å². The molecule has 0 saturated carbocycles. The Morgan fingerprint density at radius 2 is 1.91 bits per heavy atom. The number of methoxy groups -OCH3 is 1. The van der Waals surface area contributed by atoms with Gasteiger partial charge in [0.25, 0.3) is 0 Å². The Hall–Kier alpha value is -4.11. The van der Waals surface area contributed by atoms with Gasteiger partial charge in [-0.1, -0.05) is 18.9 Å². The summed E-state index contributed by atoms with van der Waals surface area (Å²) in [6, 6.07) is 2.58. The van der Waals surface area contributed by atoms with Gasteiger partial charge >= 0.3 is 18.2 Å². The lowest BCUT2D eigenvalue weighted by Crippen LogP contribution is -2.53. The third-order valence-electron chi connectivity index (χ3n) is 9.76. The molecule has 3 aliphatic heterocycles. The zero-order valence-corrected chi connectivity index (χ0v) is 31.0. The number of pyridine rings is 1. The number of halogens is 3. The fourth-order valence-corrected chi connectivity index (χ4v) is 7.17. The van der Waals surface area contributed by atoms with Crippen LogP contribution in [0.3, 0.4) is 0 Å². The van der Waals surface area contributed by atoms with E-state index in [2.05, 4.69) is 21.8 Å². The number of benzene rings is 1. The summed E-state index contributed by atoms with van der Waals surface area (Å²) in [5, 5.41) is 3.14. The SMILES string of the molecule is C=CCCCCC[C@H](NC(=O)OC(C)(C)C)C(=O)N1C[C@@]2(CCc3c(c(C(F)(F)F)nc4ccc(OCCN5CCOCC5)cc34)O2)C[C@H]1C(=O)OC. The van der Waals surface area contributed by atoms with E-state index in [1.165, 1.54) is 18.1 Å². The van der Waals surface area contributed by atoms with E-state index in [0.717, 1.165) is 32.4 Å². The molecule has 0 bridgehead atoms. The van der Waals surface area contributed by atoms with Crippen molar-refractivity contribution >= 4 is 28.9 Å². The number of fused-ring (bicyclic) bond motifs is 3. The van der Waals surface area contributed by atoms with E-state index in [1.54, 1.807) is 39.0 Å². The van der Waals surface area contributed by atoms with E-state index in [1.807, 2.05) is 0 Å². The molecule has 1 aromatic heterocycles. The van der Waals surface area contributed by atoms with Crippen molar-refractivity contribution in [2.75, 3.05) is 53.1 Å². The summed E-state index contributed by atoms with van der Waals surface area (Å²) >= 11 is 0. The largest absolute Gasteiger partial charge is 0.492 e. The van der Waals surface area contributed by atoms with Crippen LogP contribution in [0.15, 0.2) is 30.9 Å². The number of hydrogen-bond acceptors (Lipinski definition) is 10. The lowest BCUT2D eigenvalue weighted by molar-refractivity contribution is -0.151. The monoisotopic (exact) mass is 748 g/mol. The quantitative estimate of drug-likeness (QED) is 0.152. The Balaban J connectivity index is 1.42. The Labute approximate surface area is 308 Å². The molecule has 2 aromatic rings. The van der Waals surface area contributed by atoms with Crippen LogP contribution in [0.2, 0.25) is 0 Å². The molecule has 0 radical (unpaired) electrons. The highest BCUT2D eigenvalue weighted by atomic mass is 19.4. The zero-order valence-electron chi connectivity index (χ0n) is 31.0. The summed E-state index contributed by atoms with van der Waals surface area (Å²) in [4.78, 5) is 47.8. The first-order valence-electron chi connectivity index (χ1n) is 18.3. The van der Waals surface area contributed by atoms with Crippen molar-refractivity contribution in [3.8, 4) is 11.5 Å². The molecule has 1 spiro atoms. The zero-order chi connectivity index (χ0) is 38.4. The van der Waals surface area contributed by atoms with Crippen LogP contribution in [0.1, 0.15) is 77.0 Å². The van der Waals surface area contributed by atoms with Crippen LogP contribution in [0, 0.1) is 0 Å². The van der Waals surface area contributed by atoms with Gasteiger partial charge in [0, 0.05) is 37.0 Å². The molecule has 1 N–H and O–H groups in total. The number of amides is 2. The number of aromatic nitrogens is 1. The van der Waals surface area contributed by atoms with Gasteiger partial charge < -0.3 is 33.9 Å². The fourth-order valence-electron chi connectivity index (χ4n) is 7.17. The average Bonchev–Trinajstić information content (AvgIpc) is 3.47. The lowest BCUT2D eigenvalue weighted by Gasteiger charge is -2.37. The number of allylic oxidation sites excluding steroid dienone is 1. The summed E-state index contributed by atoms with van der Waals surface area (Å²) in [6.07, 6.45) is -0.357. The average molecular weight is 749 g/mol. The van der Waals surface area contributed by atoms with Gasteiger partial charge in [-0.25, -0.2) is 14.6 Å². The van der Waals surface area contributed by atoms with Crippen LogP contribution in [-0.4, -0.2) is 109 Å². The first-order valence-corrected chi connectivity index (χ1v) is 18.3. The second-order valence-corrected chi connectivity index (χ2v) is 14.9. The Bertz CT molecular complexity index is 1640. The van der Waals surface area contributed by atoms with E-state index in [4.69, 9.17) is 23.7 Å². The molecule has 2 amide bonds. The van der Waals surface area contributed by atoms with Gasteiger partial charge in [0.2, 0.25) is 5.91 Å². The number of alkyl carbamates (subject to hydrolysis) is 1. The number of morpholine rings is 1. The third-order valence-corrected chi connectivity index (χ3v) is 9.76. The Morgan fingerprint density at radius 3 is 2.58 bits per heavy atom. The number of ether oxygens (including phenoxy) is 5. The van der Waals surface area contributed by atoms with E-state index in [-0.39, 0.29) is 37.7 Å². The van der Waals surface area contributed by atoms with Crippen molar-refractivity contribution in [1.82, 2.24) is 20.1 Å². The number of nitrogens with one attached hydrogen (secondary N) is 1. The smallest absolute Gasteiger partial charge is 0.437 e. The summed E-state index contributed by atoms with van der Waals surface area (Å²) in [5.74, 6) is -1.25. The maximum atomic E-state index is 14.6. The van der Waals surface area contributed by atoms with Crippen molar-refractivity contribution in [2.45, 2.75) is 102 Å². The van der Waals surface area contributed by atoms with Gasteiger partial charge in [0.1, 0.15) is 35.6 Å². The normalized spacial score (nSPS) is 21.1. The highest BCUT2D eigenvalue weighted by molar-refractivity contribution is 5.91. The van der Waals surface area contributed by atoms with Crippen LogP contribution >= 0.6 is 0 Å². The highest BCUT2D eigenvalue weighted by Crippen LogP contribution is 2.48. The first-order chi connectivity index (χ1) is 25.1. The van der Waals surface area contributed by atoms with Crippen LogP contribution in [-0.2, 0) is 36.4 Å². The number of carbonyl (C=O) groups is 3. The van der Waals surface area contributed by atoms with E-state index in [9.17, 15) is 27.6 Å². The predicted octanol–water partition coefficient (Wildman–Crippen LogP) is 5.83. The number of esters is 1. The minimum absolute atomic E-state index is 0.108. The molecule has 3 aliphatic rings. The van der Waals surface area contributed by atoms with Gasteiger partial charge in [-0.3, -0.25) is 9.69 Å². The minimum atomic E-state index is -4.85. The number of likely N-dealkylation sites (tertiary alicyclic amines) is 1. The van der Waals surface area contributed by atoms with E-state index < -0.39 is 58.9 Å². The van der Waals surface area contributed by atoms with Gasteiger partial charge in [-0.2, -0.15) is 13.2 Å². The summed E-state index contributed by atoms with van der Waals surface area (Å²) < 4.78 is 72.1. The van der Waals surface area contributed by atoms with Crippen LogP contribution in [0.4, 0.5) is 18.0 Å². The van der Waals surface area contributed by atoms with Crippen molar-refractivity contribution in [3.63, 3.8) is 0 Å². The van der Waals surface area contributed by atoms with Crippen molar-refractivity contribution in [3.05, 3.63) is 42.1 Å². The van der Waals surface area contributed by atoms with Gasteiger partial charge in [0.05, 0.1) is 32.4 Å². The summed E-state index contributed by atoms with van der Waals surface area (Å²) in [5.41, 5.74) is -2.89. The molecule has 2 saturated heterocycles. The van der Waals surface area contributed by atoms with E-state index >= 15 is 0 Å². The second-order valence-electron chi connectivity index (χ2n) is 14.9. The first kappa shape index (κ1) is 40.1. The number of unbranched alkanes of at least 4 members (excludes halogenated alkanes) is 3. The standard InChI is InChI=1S/C38H51F3N4O8/c1-6-7-8-9-10-11-29(43-35(48)53-36(2,3)4)33(46)45-24-37(23-30(45)34(47)49-5)15-14-26-27-22-25(51-21-18-44-16-19-50-20-17-44)12-13-28(27)42-32(31(26)52-37)38(39,40)41/h6,12-13,22,29-30H,1,7-11,14-21,23-24H2,2-5H3,(H,43,48)/t29-,30-,37+/m0/s1. The lowest BCUT2D eigenvalue weighted by atomic mass is 9.87. The highest BCUT2D eigenvalue weighted by Gasteiger charge is 2.55. The van der Waals surface area contributed by atoms with Crippen molar-refractivity contribution in [1.29, 1.82) is 0 Å². The molecule has 1 aromatic carbocycles. The maximum absolute atomic E-state index is 14.6. The molecule has 2 fully saturated rings. The number of rotatable bonds is 13. The molecule has 292 valence electrons. The number of hydrogen-bond donors (Lipinski definition) is 1. The van der Waals surface area contributed by atoms with Gasteiger partial charge in [-0.15, -0.1) is 6.58 Å². The molecule has 12 nitrogen and oxygen atoms in total. The van der Waals surface area contributed by atoms with Gasteiger partial charge in [0.15, 0.2) is 11.4 Å². The molecular weight excluding hydrogens is 697 g/mol. The van der Waals surface area contributed by atoms with Crippen LogP contribution in [0.25, 0.3) is 10.9 Å². The number of carbonyl (C=O) groups excluding carboxylic acids is 3. The van der Waals surface area contributed by atoms with E-state index in [0.29, 0.717) is 49.5 Å². The molecule has 15 heteroatoms. The maximum Gasteiger partial charge on any atom is 0.437 e. The number of aryl methyl sites for hydroxylation is 1. The molecule has 53 heavy (non-hydrogen) atoms. The minimum Gasteiger partial charge on any atom is -0.492 e. The Kier molecular flexibility index (Phi) is 12.8. The number of nitrogens with zero attached hydrogens (tertiary/aromatic N) is 3. The fraction of sp³-hybridized carbons (Fsp3) is 0.632. The molecule has 3 atom stereocenters. The second kappa shape index (κ2) is 16.9. The Morgan fingerprint density at radius 1 is 1.15 bits per heavy atom. The summed E-state index contributed by atoms with van der Waals surface area (Å²) in [6.45, 7) is 12.6. The molecule has 0 unspecified atom stereocenters. The molecule has 5 rings (SSSR count). The van der Waals surface area contributed by atoms with Crippen molar-refractivity contribution in [2.24, 2.45) is 0 Å². The molecular formula is C38H51F3N4O8. The van der Waals surface area contributed by atoms with Crippen molar-refractivity contribution < 1.29 is 51.2 Å². The summed E-state index contributed by atoms with van der Waals surface area (Å²) in [7, 11) is 1.18. The molecule has 0 aliphatic carbocycles. The van der Waals surface area contributed by atoms with Crippen LogP contribution in [0.5, 0.6) is 11.5 Å². The molecule has 4 heterocycles. The van der Waals surface area contributed by atoms with Crippen LogP contribution < -0.4 is 14.8 Å².